The average Bonchev–Trinajstić information content (AvgIpc) is 3.31. The van der Waals surface area contributed by atoms with E-state index in [0.29, 0.717) is 21.3 Å². The van der Waals surface area contributed by atoms with Crippen LogP contribution in [0.2, 0.25) is 0 Å². The first-order valence-corrected chi connectivity index (χ1v) is 10.4. The van der Waals surface area contributed by atoms with Crippen molar-refractivity contribution in [3.05, 3.63) is 82.1 Å². The van der Waals surface area contributed by atoms with E-state index in [-0.39, 0.29) is 41.9 Å². The zero-order chi connectivity index (χ0) is 20.2. The van der Waals surface area contributed by atoms with Crippen molar-refractivity contribution in [3.63, 3.8) is 0 Å². The standard InChI is InChI=1S/C22H16N2O3S2.Na/c25-20(26)12-14-6-8-16(9-7-14)23-22-24-21(27)19(29-22)13-17-10-11-18(28-17)15-4-2-1-3-5-15;/h1-11,13H,12H2,(H,25,26)(H,23,24,27);/q;+1/p-1. The van der Waals surface area contributed by atoms with Crippen LogP contribution in [0, 0.1) is 0 Å². The van der Waals surface area contributed by atoms with Gasteiger partial charge in [0.25, 0.3) is 5.91 Å². The number of hydrogen-bond donors (Lipinski definition) is 1. The molecule has 2 heterocycles. The second-order valence-corrected chi connectivity index (χ2v) is 8.41. The number of aliphatic imine (C=N–C) groups is 1. The number of hydrogen-bond acceptors (Lipinski definition) is 6. The molecule has 1 aliphatic rings. The maximum absolute atomic E-state index is 12.3. The van der Waals surface area contributed by atoms with E-state index in [1.165, 1.54) is 11.8 Å². The predicted molar refractivity (Wildman–Crippen MR) is 116 cm³/mol. The fourth-order valence-corrected chi connectivity index (χ4v) is 4.63. The van der Waals surface area contributed by atoms with Crippen LogP contribution in [0.1, 0.15) is 10.4 Å². The molecule has 1 fully saturated rings. The van der Waals surface area contributed by atoms with Gasteiger partial charge in [-0.3, -0.25) is 4.79 Å². The Bertz CT molecular complexity index is 1120. The second kappa shape index (κ2) is 10.2. The minimum atomic E-state index is -1.12. The van der Waals surface area contributed by atoms with E-state index in [4.69, 9.17) is 0 Å². The number of thiophene rings is 1. The van der Waals surface area contributed by atoms with Crippen molar-refractivity contribution in [3.8, 4) is 10.4 Å². The van der Waals surface area contributed by atoms with Gasteiger partial charge in [0.1, 0.15) is 0 Å². The van der Waals surface area contributed by atoms with Crippen LogP contribution < -0.4 is 40.0 Å². The smallest absolute Gasteiger partial charge is 0.550 e. The number of carbonyl (C=O) groups excluding carboxylic acids is 2. The molecule has 0 radical (unpaired) electrons. The summed E-state index contributed by atoms with van der Waals surface area (Å²) in [5, 5.41) is 13.9. The molecule has 0 atom stereocenters. The van der Waals surface area contributed by atoms with Crippen LogP contribution in [0.4, 0.5) is 5.69 Å². The number of aliphatic carboxylic acids is 1. The van der Waals surface area contributed by atoms with E-state index in [0.717, 1.165) is 15.3 Å². The summed E-state index contributed by atoms with van der Waals surface area (Å²) in [5.41, 5.74) is 2.43. The van der Waals surface area contributed by atoms with E-state index in [1.54, 1.807) is 35.6 Å². The van der Waals surface area contributed by atoms with Gasteiger partial charge in [-0.1, -0.05) is 42.5 Å². The number of amidine groups is 1. The van der Waals surface area contributed by atoms with E-state index in [1.807, 2.05) is 36.4 Å². The summed E-state index contributed by atoms with van der Waals surface area (Å²) in [7, 11) is 0. The summed E-state index contributed by atoms with van der Waals surface area (Å²) >= 11 is 2.91. The van der Waals surface area contributed by atoms with Crippen LogP contribution in [0.25, 0.3) is 16.5 Å². The van der Waals surface area contributed by atoms with E-state index in [2.05, 4.69) is 22.4 Å². The summed E-state index contributed by atoms with van der Waals surface area (Å²) in [4.78, 5) is 30.1. The van der Waals surface area contributed by atoms with Gasteiger partial charge in [-0.25, -0.2) is 4.99 Å². The maximum atomic E-state index is 12.3. The Morgan fingerprint density at radius 2 is 1.77 bits per heavy atom. The molecule has 8 heteroatoms. The summed E-state index contributed by atoms with van der Waals surface area (Å²) < 4.78 is 0. The first-order valence-electron chi connectivity index (χ1n) is 8.80. The zero-order valence-corrected chi connectivity index (χ0v) is 19.8. The van der Waals surface area contributed by atoms with Crippen molar-refractivity contribution in [2.24, 2.45) is 4.99 Å². The van der Waals surface area contributed by atoms with Crippen LogP contribution >= 0.6 is 23.1 Å². The number of nitrogens with zero attached hydrogens (tertiary/aromatic N) is 1. The van der Waals surface area contributed by atoms with Crippen molar-refractivity contribution < 1.29 is 44.3 Å². The predicted octanol–water partition coefficient (Wildman–Crippen LogP) is 0.603. The third-order valence-electron chi connectivity index (χ3n) is 4.12. The number of thioether (sulfide) groups is 1. The number of nitrogens with one attached hydrogen (secondary N) is 1. The summed E-state index contributed by atoms with van der Waals surface area (Å²) in [6, 6.07) is 20.9. The molecule has 144 valence electrons. The number of amides is 1. The van der Waals surface area contributed by atoms with Crippen LogP contribution in [0.5, 0.6) is 0 Å². The Morgan fingerprint density at radius 1 is 1.03 bits per heavy atom. The molecule has 0 saturated carbocycles. The molecule has 1 amide bonds. The van der Waals surface area contributed by atoms with E-state index in [9.17, 15) is 14.7 Å². The molecule has 2 aromatic carbocycles. The van der Waals surface area contributed by atoms with Gasteiger partial charge < -0.3 is 15.2 Å². The van der Waals surface area contributed by atoms with Crippen molar-refractivity contribution in [1.29, 1.82) is 0 Å². The summed E-state index contributed by atoms with van der Waals surface area (Å²) in [6.07, 6.45) is 1.73. The third kappa shape index (κ3) is 5.71. The van der Waals surface area contributed by atoms with Crippen molar-refractivity contribution >= 4 is 51.9 Å². The van der Waals surface area contributed by atoms with Gasteiger partial charge in [0, 0.05) is 22.1 Å². The van der Waals surface area contributed by atoms with Crippen molar-refractivity contribution in [2.45, 2.75) is 6.42 Å². The van der Waals surface area contributed by atoms with Crippen LogP contribution in [0.3, 0.4) is 0 Å². The quantitative estimate of drug-likeness (QED) is 0.464. The minimum absolute atomic E-state index is 0. The zero-order valence-electron chi connectivity index (χ0n) is 16.1. The normalized spacial score (nSPS) is 15.8. The van der Waals surface area contributed by atoms with Crippen LogP contribution in [-0.4, -0.2) is 17.0 Å². The fourth-order valence-electron chi connectivity index (χ4n) is 2.77. The average molecular weight is 442 g/mol. The monoisotopic (exact) mass is 442 g/mol. The molecule has 0 spiro atoms. The Balaban J connectivity index is 0.00000256. The number of rotatable bonds is 5. The SMILES string of the molecule is O=C([O-])Cc1ccc(N=C2NC(=O)C(=Cc3ccc(-c4ccccc4)s3)S2)cc1.[Na+]. The maximum Gasteiger partial charge on any atom is 1.00 e. The Kier molecular flexibility index (Phi) is 7.69. The van der Waals surface area contributed by atoms with E-state index < -0.39 is 5.97 Å². The number of carbonyl (C=O) groups is 2. The molecule has 0 unspecified atom stereocenters. The molecule has 5 nitrogen and oxygen atoms in total. The van der Waals surface area contributed by atoms with Gasteiger partial charge in [0.05, 0.1) is 10.6 Å². The molecule has 1 aromatic heterocycles. The van der Waals surface area contributed by atoms with Crippen LogP contribution in [0.15, 0.2) is 76.6 Å². The van der Waals surface area contributed by atoms with E-state index >= 15 is 0 Å². The molecule has 30 heavy (non-hydrogen) atoms. The van der Waals surface area contributed by atoms with Gasteiger partial charge in [0.2, 0.25) is 0 Å². The number of carboxylic acids is 1. The molecule has 3 aromatic rings. The molecule has 1 N–H and O–H groups in total. The van der Waals surface area contributed by atoms with Crippen LogP contribution in [-0.2, 0) is 16.0 Å². The topological polar surface area (TPSA) is 81.6 Å². The summed E-state index contributed by atoms with van der Waals surface area (Å²) in [5.74, 6) is -1.31. The number of benzene rings is 2. The minimum Gasteiger partial charge on any atom is -0.550 e. The third-order valence-corrected chi connectivity index (χ3v) is 6.12. The summed E-state index contributed by atoms with van der Waals surface area (Å²) in [6.45, 7) is 0. The van der Waals surface area contributed by atoms with Gasteiger partial charge in [-0.2, -0.15) is 0 Å². The molecular formula is C22H15N2NaO3S2. The molecule has 4 rings (SSSR count). The van der Waals surface area contributed by atoms with Gasteiger partial charge in [-0.15, -0.1) is 11.3 Å². The Morgan fingerprint density at radius 3 is 2.47 bits per heavy atom. The first kappa shape index (κ1) is 22.5. The van der Waals surface area contributed by atoms with Gasteiger partial charge in [0.15, 0.2) is 5.17 Å². The van der Waals surface area contributed by atoms with Gasteiger partial charge in [-0.05, 0) is 53.2 Å². The molecule has 1 aliphatic heterocycles. The first-order chi connectivity index (χ1) is 14.1. The fraction of sp³-hybridized carbons (Fsp3) is 0.0455. The Hall–Kier alpha value is -2.16. The van der Waals surface area contributed by atoms with Crippen molar-refractivity contribution in [2.75, 3.05) is 0 Å². The second-order valence-electron chi connectivity index (χ2n) is 6.27. The molecule has 0 bridgehead atoms. The number of carboxylic acid groups (broad SMARTS) is 1. The molecule has 0 aliphatic carbocycles. The molecular weight excluding hydrogens is 427 g/mol. The largest absolute Gasteiger partial charge is 1.00 e. The van der Waals surface area contributed by atoms with Gasteiger partial charge >= 0.3 is 29.6 Å². The molecule has 1 saturated heterocycles. The van der Waals surface area contributed by atoms with Crippen molar-refractivity contribution in [1.82, 2.24) is 5.32 Å². The Labute approximate surface area is 204 Å².